The molecule has 1 aliphatic carbocycles. The first-order chi connectivity index (χ1) is 10.3. The molecule has 0 radical (unpaired) electrons. The Balaban J connectivity index is 0.00000176. The van der Waals surface area contributed by atoms with Crippen molar-refractivity contribution in [2.24, 2.45) is 5.92 Å². The molecule has 1 aromatic rings. The maximum atomic E-state index is 12.5. The molecule has 1 amide bonds. The van der Waals surface area contributed by atoms with Crippen LogP contribution >= 0.6 is 12.4 Å². The van der Waals surface area contributed by atoms with Crippen LogP contribution in [0.5, 0.6) is 0 Å². The molecule has 1 aromatic carbocycles. The monoisotopic (exact) mass is 322 g/mol. The quantitative estimate of drug-likeness (QED) is 0.922. The van der Waals surface area contributed by atoms with Gasteiger partial charge in [-0.3, -0.25) is 4.79 Å². The molecule has 1 unspecified atom stereocenters. The van der Waals surface area contributed by atoms with Crippen molar-refractivity contribution in [3.05, 3.63) is 35.4 Å². The van der Waals surface area contributed by atoms with E-state index in [0.29, 0.717) is 18.4 Å². The van der Waals surface area contributed by atoms with Gasteiger partial charge in [0, 0.05) is 13.5 Å². The van der Waals surface area contributed by atoms with Crippen LogP contribution in [0.1, 0.15) is 49.3 Å². The van der Waals surface area contributed by atoms with Gasteiger partial charge in [0.15, 0.2) is 0 Å². The number of carbonyl (C=O) groups is 1. The molecule has 1 N–H and O–H groups in total. The summed E-state index contributed by atoms with van der Waals surface area (Å²) < 4.78 is 0. The molecule has 2 aliphatic rings. The molecule has 1 heterocycles. The van der Waals surface area contributed by atoms with Crippen LogP contribution in [-0.2, 0) is 11.2 Å². The van der Waals surface area contributed by atoms with E-state index in [1.54, 1.807) is 0 Å². The molecule has 0 spiro atoms. The van der Waals surface area contributed by atoms with Gasteiger partial charge in [0.05, 0.1) is 6.04 Å². The predicted octanol–water partition coefficient (Wildman–Crippen LogP) is 3.33. The number of hydrogen-bond acceptors (Lipinski definition) is 2. The highest BCUT2D eigenvalue weighted by atomic mass is 35.5. The Morgan fingerprint density at radius 1 is 1.23 bits per heavy atom. The number of benzene rings is 1. The number of fused-ring (bicyclic) bond motifs is 1. The van der Waals surface area contributed by atoms with Gasteiger partial charge in [-0.15, -0.1) is 12.4 Å². The van der Waals surface area contributed by atoms with Crippen molar-refractivity contribution in [1.82, 2.24) is 10.2 Å². The molecular weight excluding hydrogens is 296 g/mol. The molecule has 0 aromatic heterocycles. The fraction of sp³-hybridized carbons (Fsp3) is 0.611. The third-order valence-electron chi connectivity index (χ3n) is 5.19. The lowest BCUT2D eigenvalue weighted by molar-refractivity contribution is -0.132. The molecule has 1 atom stereocenters. The van der Waals surface area contributed by atoms with E-state index in [0.717, 1.165) is 38.3 Å². The van der Waals surface area contributed by atoms with Crippen LogP contribution in [0.25, 0.3) is 0 Å². The number of nitrogens with one attached hydrogen (secondary N) is 1. The Hall–Kier alpha value is -1.06. The fourth-order valence-corrected chi connectivity index (χ4v) is 3.79. The number of halogens is 1. The second-order valence-corrected chi connectivity index (χ2v) is 6.49. The number of amides is 1. The number of carbonyl (C=O) groups excluding carboxylic acids is 1. The minimum Gasteiger partial charge on any atom is -0.339 e. The molecule has 1 saturated heterocycles. The largest absolute Gasteiger partial charge is 0.339 e. The summed E-state index contributed by atoms with van der Waals surface area (Å²) in [5.41, 5.74) is 2.77. The SMILES string of the molecule is CN(C(=O)CCC1CCNCC1)C1CCc2ccccc21.Cl. The summed E-state index contributed by atoms with van der Waals surface area (Å²) in [6.07, 6.45) is 6.40. The van der Waals surface area contributed by atoms with E-state index in [1.807, 2.05) is 11.9 Å². The van der Waals surface area contributed by atoms with Crippen molar-refractivity contribution in [2.45, 2.75) is 44.6 Å². The minimum absolute atomic E-state index is 0. The second kappa shape index (κ2) is 7.98. The van der Waals surface area contributed by atoms with E-state index >= 15 is 0 Å². The Morgan fingerprint density at radius 2 is 1.95 bits per heavy atom. The Morgan fingerprint density at radius 3 is 2.73 bits per heavy atom. The smallest absolute Gasteiger partial charge is 0.222 e. The van der Waals surface area contributed by atoms with Crippen molar-refractivity contribution in [3.8, 4) is 0 Å². The lowest BCUT2D eigenvalue weighted by Crippen LogP contribution is -2.32. The van der Waals surface area contributed by atoms with Crippen molar-refractivity contribution < 1.29 is 4.79 Å². The van der Waals surface area contributed by atoms with E-state index in [1.165, 1.54) is 24.0 Å². The van der Waals surface area contributed by atoms with Crippen molar-refractivity contribution in [3.63, 3.8) is 0 Å². The first-order valence-electron chi connectivity index (χ1n) is 8.30. The molecule has 4 heteroatoms. The van der Waals surface area contributed by atoms with Gasteiger partial charge in [-0.2, -0.15) is 0 Å². The topological polar surface area (TPSA) is 32.3 Å². The van der Waals surface area contributed by atoms with Gasteiger partial charge in [-0.05, 0) is 62.2 Å². The van der Waals surface area contributed by atoms with E-state index < -0.39 is 0 Å². The van der Waals surface area contributed by atoms with Crippen LogP contribution in [0, 0.1) is 5.92 Å². The predicted molar refractivity (Wildman–Crippen MR) is 92.3 cm³/mol. The summed E-state index contributed by atoms with van der Waals surface area (Å²) in [4.78, 5) is 14.5. The zero-order valence-electron chi connectivity index (χ0n) is 13.4. The lowest BCUT2D eigenvalue weighted by atomic mass is 9.93. The van der Waals surface area contributed by atoms with Crippen LogP contribution in [0.4, 0.5) is 0 Å². The summed E-state index contributed by atoms with van der Waals surface area (Å²) in [6.45, 7) is 2.23. The van der Waals surface area contributed by atoms with Crippen molar-refractivity contribution in [2.75, 3.05) is 20.1 Å². The first-order valence-corrected chi connectivity index (χ1v) is 8.30. The van der Waals surface area contributed by atoms with Crippen LogP contribution in [0.15, 0.2) is 24.3 Å². The summed E-state index contributed by atoms with van der Waals surface area (Å²) in [7, 11) is 1.98. The van der Waals surface area contributed by atoms with Gasteiger partial charge < -0.3 is 10.2 Å². The van der Waals surface area contributed by atoms with Gasteiger partial charge in [-0.1, -0.05) is 24.3 Å². The Bertz CT molecular complexity index is 500. The van der Waals surface area contributed by atoms with Gasteiger partial charge >= 0.3 is 0 Å². The maximum absolute atomic E-state index is 12.5. The van der Waals surface area contributed by atoms with Crippen LogP contribution in [0.2, 0.25) is 0 Å². The first kappa shape index (κ1) is 17.3. The van der Waals surface area contributed by atoms with Gasteiger partial charge in [0.2, 0.25) is 5.91 Å². The third-order valence-corrected chi connectivity index (χ3v) is 5.19. The highest BCUT2D eigenvalue weighted by molar-refractivity contribution is 5.85. The number of rotatable bonds is 4. The van der Waals surface area contributed by atoms with E-state index in [4.69, 9.17) is 0 Å². The van der Waals surface area contributed by atoms with Crippen LogP contribution < -0.4 is 5.32 Å². The number of aryl methyl sites for hydroxylation is 1. The Labute approximate surface area is 139 Å². The zero-order valence-corrected chi connectivity index (χ0v) is 14.2. The average molecular weight is 323 g/mol. The average Bonchev–Trinajstić information content (AvgIpc) is 2.97. The third kappa shape index (κ3) is 3.82. The van der Waals surface area contributed by atoms with Gasteiger partial charge in [0.25, 0.3) is 0 Å². The molecule has 1 aliphatic heterocycles. The standard InChI is InChI=1S/C18H26N2O.ClH/c1-20(17-8-7-15-4-2-3-5-16(15)17)18(21)9-6-14-10-12-19-13-11-14;/h2-5,14,17,19H,6-13H2,1H3;1H. The fourth-order valence-electron chi connectivity index (χ4n) is 3.79. The minimum atomic E-state index is 0. The molecule has 3 rings (SSSR count). The van der Waals surface area contributed by atoms with E-state index in [2.05, 4.69) is 29.6 Å². The van der Waals surface area contributed by atoms with E-state index in [9.17, 15) is 4.79 Å². The zero-order chi connectivity index (χ0) is 14.7. The second-order valence-electron chi connectivity index (χ2n) is 6.49. The molecule has 0 saturated carbocycles. The highest BCUT2D eigenvalue weighted by Crippen LogP contribution is 2.35. The molecule has 1 fully saturated rings. The number of piperidine rings is 1. The van der Waals surface area contributed by atoms with Crippen LogP contribution in [0.3, 0.4) is 0 Å². The molecular formula is C18H27ClN2O. The maximum Gasteiger partial charge on any atom is 0.222 e. The van der Waals surface area contributed by atoms with E-state index in [-0.39, 0.29) is 12.4 Å². The van der Waals surface area contributed by atoms with Crippen LogP contribution in [-0.4, -0.2) is 30.9 Å². The van der Waals surface area contributed by atoms with Crippen molar-refractivity contribution >= 4 is 18.3 Å². The summed E-state index contributed by atoms with van der Waals surface area (Å²) in [5, 5.41) is 3.39. The number of hydrogen-bond donors (Lipinski definition) is 1. The molecule has 0 bridgehead atoms. The van der Waals surface area contributed by atoms with Gasteiger partial charge in [-0.25, -0.2) is 0 Å². The number of nitrogens with zero attached hydrogens (tertiary/aromatic N) is 1. The summed E-state index contributed by atoms with van der Waals surface area (Å²) in [5.74, 6) is 1.05. The summed E-state index contributed by atoms with van der Waals surface area (Å²) >= 11 is 0. The van der Waals surface area contributed by atoms with Gasteiger partial charge in [0.1, 0.15) is 0 Å². The highest BCUT2D eigenvalue weighted by Gasteiger charge is 2.28. The molecule has 3 nitrogen and oxygen atoms in total. The normalized spacial score (nSPS) is 21.0. The van der Waals surface area contributed by atoms with Crippen molar-refractivity contribution in [1.29, 1.82) is 0 Å². The summed E-state index contributed by atoms with van der Waals surface area (Å²) in [6, 6.07) is 8.86. The Kier molecular flexibility index (Phi) is 6.27. The lowest BCUT2D eigenvalue weighted by Gasteiger charge is -2.27. The molecule has 122 valence electrons. The molecule has 22 heavy (non-hydrogen) atoms.